The van der Waals surface area contributed by atoms with Gasteiger partial charge >= 0.3 is 5.97 Å². The summed E-state index contributed by atoms with van der Waals surface area (Å²) in [5.74, 6) is -0.243. The maximum atomic E-state index is 11.3. The minimum Gasteiger partial charge on any atom is -0.466 e. The van der Waals surface area contributed by atoms with Gasteiger partial charge in [0.05, 0.1) is 13.0 Å². The van der Waals surface area contributed by atoms with Crippen LogP contribution in [0.1, 0.15) is 12.5 Å². The van der Waals surface area contributed by atoms with E-state index in [0.29, 0.717) is 12.2 Å². The zero-order valence-electron chi connectivity index (χ0n) is 8.40. The van der Waals surface area contributed by atoms with Gasteiger partial charge in [-0.1, -0.05) is 12.1 Å². The third kappa shape index (κ3) is 1.98. The highest BCUT2D eigenvalue weighted by Gasteiger charge is 2.09. The molecule has 0 aliphatic rings. The summed E-state index contributed by atoms with van der Waals surface area (Å²) in [5, 5.41) is 0. The number of hydrogen-bond donors (Lipinski definition) is 0. The number of esters is 1. The molecule has 0 spiro atoms. The number of aromatic nitrogens is 1. The van der Waals surface area contributed by atoms with Crippen LogP contribution in [0.15, 0.2) is 29.0 Å². The molecular weight excluding hydrogens is 194 g/mol. The minimum atomic E-state index is -0.243. The summed E-state index contributed by atoms with van der Waals surface area (Å²) >= 11 is 0. The lowest BCUT2D eigenvalue weighted by molar-refractivity contribution is -0.142. The molecule has 0 amide bonds. The van der Waals surface area contributed by atoms with Crippen molar-refractivity contribution in [2.24, 2.45) is 0 Å². The number of nitrogens with zero attached hydrogens (tertiary/aromatic N) is 1. The first-order valence-electron chi connectivity index (χ1n) is 4.78. The highest BCUT2D eigenvalue weighted by Crippen LogP contribution is 2.17. The summed E-state index contributed by atoms with van der Waals surface area (Å²) in [6.45, 7) is 2.18. The first-order valence-corrected chi connectivity index (χ1v) is 4.78. The fraction of sp³-hybridized carbons (Fsp3) is 0.273. The Morgan fingerprint density at radius 3 is 3.20 bits per heavy atom. The van der Waals surface area contributed by atoms with Crippen molar-refractivity contribution in [1.29, 1.82) is 0 Å². The van der Waals surface area contributed by atoms with E-state index in [1.165, 1.54) is 6.39 Å². The molecule has 1 aromatic carbocycles. The van der Waals surface area contributed by atoms with Gasteiger partial charge in [-0.25, -0.2) is 4.98 Å². The quantitative estimate of drug-likeness (QED) is 0.718. The van der Waals surface area contributed by atoms with Gasteiger partial charge in [-0.15, -0.1) is 0 Å². The van der Waals surface area contributed by atoms with Crippen LogP contribution in [0.25, 0.3) is 11.1 Å². The molecule has 0 atom stereocenters. The molecule has 0 radical (unpaired) electrons. The van der Waals surface area contributed by atoms with Crippen LogP contribution < -0.4 is 0 Å². The van der Waals surface area contributed by atoms with Crippen LogP contribution in [0, 0.1) is 0 Å². The second-order valence-corrected chi connectivity index (χ2v) is 3.10. The van der Waals surface area contributed by atoms with Crippen LogP contribution in [-0.4, -0.2) is 17.6 Å². The molecule has 4 nitrogen and oxygen atoms in total. The maximum absolute atomic E-state index is 11.3. The first kappa shape index (κ1) is 9.71. The van der Waals surface area contributed by atoms with Crippen molar-refractivity contribution in [3.63, 3.8) is 0 Å². The van der Waals surface area contributed by atoms with Crippen LogP contribution in [0.5, 0.6) is 0 Å². The Hall–Kier alpha value is -1.84. The molecule has 0 bridgehead atoms. The number of hydrogen-bond acceptors (Lipinski definition) is 4. The lowest BCUT2D eigenvalue weighted by atomic mass is 10.1. The van der Waals surface area contributed by atoms with Crippen molar-refractivity contribution in [3.05, 3.63) is 30.2 Å². The number of oxazole rings is 1. The van der Waals surface area contributed by atoms with Gasteiger partial charge < -0.3 is 9.15 Å². The van der Waals surface area contributed by atoms with Crippen molar-refractivity contribution in [1.82, 2.24) is 4.98 Å². The highest BCUT2D eigenvalue weighted by molar-refractivity contribution is 5.82. The highest BCUT2D eigenvalue weighted by atomic mass is 16.5. The number of fused-ring (bicyclic) bond motifs is 1. The van der Waals surface area contributed by atoms with Gasteiger partial charge in [0.15, 0.2) is 12.0 Å². The smallest absolute Gasteiger partial charge is 0.310 e. The Morgan fingerprint density at radius 2 is 2.40 bits per heavy atom. The number of carbonyl (C=O) groups is 1. The summed E-state index contributed by atoms with van der Waals surface area (Å²) in [6, 6.07) is 5.50. The van der Waals surface area contributed by atoms with Gasteiger partial charge in [0, 0.05) is 0 Å². The Bertz CT molecular complexity index is 475. The first-order chi connectivity index (χ1) is 7.31. The molecule has 0 saturated heterocycles. The van der Waals surface area contributed by atoms with Gasteiger partial charge in [0.1, 0.15) is 5.52 Å². The number of carbonyl (C=O) groups excluding carboxylic acids is 1. The van der Waals surface area contributed by atoms with E-state index in [4.69, 9.17) is 9.15 Å². The standard InChI is InChI=1S/C11H11NO3/c1-2-14-10(13)6-8-4-3-5-9-11(8)12-7-15-9/h3-5,7H,2,6H2,1H3. The minimum absolute atomic E-state index is 0.234. The molecule has 0 aliphatic heterocycles. The molecule has 0 N–H and O–H groups in total. The Kier molecular flexibility index (Phi) is 2.67. The third-order valence-corrected chi connectivity index (χ3v) is 2.08. The molecule has 2 aromatic rings. The fourth-order valence-electron chi connectivity index (χ4n) is 1.46. The summed E-state index contributed by atoms with van der Waals surface area (Å²) < 4.78 is 10.0. The van der Waals surface area contributed by atoms with Crippen molar-refractivity contribution < 1.29 is 13.9 Å². The normalized spacial score (nSPS) is 10.5. The van der Waals surface area contributed by atoms with E-state index >= 15 is 0 Å². The number of rotatable bonds is 3. The average molecular weight is 205 g/mol. The molecule has 1 heterocycles. The third-order valence-electron chi connectivity index (χ3n) is 2.08. The largest absolute Gasteiger partial charge is 0.466 e. The van der Waals surface area contributed by atoms with E-state index in [9.17, 15) is 4.79 Å². The van der Waals surface area contributed by atoms with Gasteiger partial charge in [-0.05, 0) is 18.6 Å². The van der Waals surface area contributed by atoms with Crippen molar-refractivity contribution in [2.45, 2.75) is 13.3 Å². The predicted octanol–water partition coefficient (Wildman–Crippen LogP) is 1.93. The predicted molar refractivity (Wildman–Crippen MR) is 54.3 cm³/mol. The zero-order chi connectivity index (χ0) is 10.7. The van der Waals surface area contributed by atoms with Crippen LogP contribution in [-0.2, 0) is 16.0 Å². The Labute approximate surface area is 86.9 Å². The molecule has 0 saturated carbocycles. The molecule has 2 rings (SSSR count). The van der Waals surface area contributed by atoms with Crippen LogP contribution in [0.4, 0.5) is 0 Å². The van der Waals surface area contributed by atoms with Crippen molar-refractivity contribution >= 4 is 17.1 Å². The fourth-order valence-corrected chi connectivity index (χ4v) is 1.46. The average Bonchev–Trinajstić information content (AvgIpc) is 2.67. The molecule has 0 aliphatic carbocycles. The summed E-state index contributed by atoms with van der Waals surface area (Å²) in [7, 11) is 0. The number of para-hydroxylation sites is 1. The molecule has 0 fully saturated rings. The zero-order valence-corrected chi connectivity index (χ0v) is 8.40. The van der Waals surface area contributed by atoms with E-state index in [0.717, 1.165) is 11.1 Å². The van der Waals surface area contributed by atoms with Gasteiger partial charge in [-0.3, -0.25) is 4.79 Å². The summed E-state index contributed by atoms with van der Waals surface area (Å²) in [6.07, 6.45) is 1.61. The van der Waals surface area contributed by atoms with E-state index in [-0.39, 0.29) is 12.4 Å². The van der Waals surface area contributed by atoms with E-state index in [1.807, 2.05) is 18.2 Å². The van der Waals surface area contributed by atoms with Gasteiger partial charge in [0.2, 0.25) is 0 Å². The maximum Gasteiger partial charge on any atom is 0.310 e. The van der Waals surface area contributed by atoms with Crippen molar-refractivity contribution in [2.75, 3.05) is 6.61 Å². The molecule has 78 valence electrons. The molecule has 0 unspecified atom stereocenters. The van der Waals surface area contributed by atoms with E-state index < -0.39 is 0 Å². The van der Waals surface area contributed by atoms with E-state index in [1.54, 1.807) is 6.92 Å². The lowest BCUT2D eigenvalue weighted by Gasteiger charge is -2.01. The molecule has 1 aromatic heterocycles. The van der Waals surface area contributed by atoms with Gasteiger partial charge in [0.25, 0.3) is 0 Å². The molecule has 15 heavy (non-hydrogen) atoms. The summed E-state index contributed by atoms with van der Waals surface area (Å²) in [4.78, 5) is 15.4. The van der Waals surface area contributed by atoms with Crippen LogP contribution in [0.2, 0.25) is 0 Å². The topological polar surface area (TPSA) is 52.3 Å². The van der Waals surface area contributed by atoms with Gasteiger partial charge in [-0.2, -0.15) is 0 Å². The SMILES string of the molecule is CCOC(=O)Cc1cccc2ocnc12. The monoisotopic (exact) mass is 205 g/mol. The number of ether oxygens (including phenoxy) is 1. The lowest BCUT2D eigenvalue weighted by Crippen LogP contribution is -2.07. The Morgan fingerprint density at radius 1 is 1.53 bits per heavy atom. The number of benzene rings is 1. The second kappa shape index (κ2) is 4.13. The molecule has 4 heteroatoms. The van der Waals surface area contributed by atoms with Crippen LogP contribution in [0.3, 0.4) is 0 Å². The Balaban J connectivity index is 2.27. The second-order valence-electron chi connectivity index (χ2n) is 3.10. The van der Waals surface area contributed by atoms with Crippen molar-refractivity contribution in [3.8, 4) is 0 Å². The summed E-state index contributed by atoms with van der Waals surface area (Å²) in [5.41, 5.74) is 2.25. The van der Waals surface area contributed by atoms with Crippen LogP contribution >= 0.6 is 0 Å². The van der Waals surface area contributed by atoms with E-state index in [2.05, 4.69) is 4.98 Å². The molecular formula is C11H11NO3.